The van der Waals surface area contributed by atoms with Gasteiger partial charge in [-0.3, -0.25) is 0 Å². The highest BCUT2D eigenvalue weighted by molar-refractivity contribution is 9.09. The maximum absolute atomic E-state index is 3.54. The van der Waals surface area contributed by atoms with Crippen LogP contribution in [-0.2, 0) is 0 Å². The van der Waals surface area contributed by atoms with Crippen molar-refractivity contribution in [1.82, 2.24) is 5.32 Å². The predicted octanol–water partition coefficient (Wildman–Crippen LogP) is 3.13. The average Bonchev–Trinajstić information content (AvgIpc) is 2.08. The standard InChI is InChI=1S/C6H11N.C4H9Br/c1-3-5-7-6-4-2;1-2-3-4-5/h3-4,7H,1-2,5-6H2;2-4H2,1H3. The predicted molar refractivity (Wildman–Crippen MR) is 62.0 cm³/mol. The minimum atomic E-state index is 0.867. The summed E-state index contributed by atoms with van der Waals surface area (Å²) in [7, 11) is 0. The molecular formula is C10H20BrN. The van der Waals surface area contributed by atoms with E-state index >= 15 is 0 Å². The lowest BCUT2D eigenvalue weighted by atomic mass is 10.4. The largest absolute Gasteiger partial charge is 0.310 e. The molecule has 0 amide bonds. The van der Waals surface area contributed by atoms with Crippen LogP contribution in [0.1, 0.15) is 19.8 Å². The number of hydrogen-bond donors (Lipinski definition) is 1. The third-order valence-corrected chi connectivity index (χ3v) is 1.63. The minimum absolute atomic E-state index is 0.867. The van der Waals surface area contributed by atoms with Crippen molar-refractivity contribution in [3.8, 4) is 0 Å². The first-order chi connectivity index (χ1) is 5.83. The maximum atomic E-state index is 3.54. The van der Waals surface area contributed by atoms with Crippen LogP contribution in [0.3, 0.4) is 0 Å². The second-order valence-corrected chi connectivity index (χ2v) is 3.07. The van der Waals surface area contributed by atoms with Crippen LogP contribution in [0, 0.1) is 0 Å². The Morgan fingerprint density at radius 2 is 1.75 bits per heavy atom. The van der Waals surface area contributed by atoms with Crippen LogP contribution in [0.15, 0.2) is 25.3 Å². The summed E-state index contributed by atoms with van der Waals surface area (Å²) in [6.07, 6.45) is 6.25. The fraction of sp³-hybridized carbons (Fsp3) is 0.600. The van der Waals surface area contributed by atoms with E-state index in [1.807, 2.05) is 12.2 Å². The average molecular weight is 234 g/mol. The number of nitrogens with one attached hydrogen (secondary N) is 1. The second kappa shape index (κ2) is 17.1. The molecule has 1 nitrogen and oxygen atoms in total. The summed E-state index contributed by atoms with van der Waals surface area (Å²) in [6.45, 7) is 11.0. The van der Waals surface area contributed by atoms with E-state index < -0.39 is 0 Å². The molecule has 0 fully saturated rings. The monoisotopic (exact) mass is 233 g/mol. The molecule has 0 radical (unpaired) electrons. The molecule has 0 saturated heterocycles. The van der Waals surface area contributed by atoms with Crippen molar-refractivity contribution in [2.45, 2.75) is 19.8 Å². The van der Waals surface area contributed by atoms with Gasteiger partial charge < -0.3 is 5.32 Å². The first-order valence-electron chi connectivity index (χ1n) is 4.31. The molecule has 72 valence electrons. The Hall–Kier alpha value is -0.0800. The Morgan fingerprint density at radius 1 is 1.25 bits per heavy atom. The molecule has 0 bridgehead atoms. The highest BCUT2D eigenvalue weighted by Gasteiger charge is 1.70. The number of hydrogen-bond acceptors (Lipinski definition) is 1. The van der Waals surface area contributed by atoms with Crippen molar-refractivity contribution in [2.24, 2.45) is 0 Å². The van der Waals surface area contributed by atoms with Gasteiger partial charge in [-0.25, -0.2) is 0 Å². The van der Waals surface area contributed by atoms with E-state index in [9.17, 15) is 0 Å². The molecule has 0 unspecified atom stereocenters. The zero-order chi connectivity index (χ0) is 9.66. The minimum Gasteiger partial charge on any atom is -0.310 e. The smallest absolute Gasteiger partial charge is 0.0135 e. The van der Waals surface area contributed by atoms with Gasteiger partial charge in [0, 0.05) is 18.4 Å². The molecule has 0 aliphatic carbocycles. The Bertz CT molecular complexity index is 81.8. The number of halogens is 1. The van der Waals surface area contributed by atoms with Crippen molar-refractivity contribution >= 4 is 15.9 Å². The lowest BCUT2D eigenvalue weighted by Gasteiger charge is -1.90. The quantitative estimate of drug-likeness (QED) is 0.423. The van der Waals surface area contributed by atoms with Gasteiger partial charge in [-0.15, -0.1) is 13.2 Å². The van der Waals surface area contributed by atoms with Gasteiger partial charge in [0.1, 0.15) is 0 Å². The maximum Gasteiger partial charge on any atom is 0.0135 e. The normalized spacial score (nSPS) is 8.17. The molecule has 0 aromatic carbocycles. The lowest BCUT2D eigenvalue weighted by Crippen LogP contribution is -2.11. The van der Waals surface area contributed by atoms with Gasteiger partial charge in [0.15, 0.2) is 0 Å². The SMILES string of the molecule is C=CCNCC=C.CCCCBr. The van der Waals surface area contributed by atoms with Crippen molar-refractivity contribution in [3.05, 3.63) is 25.3 Å². The molecule has 0 saturated carbocycles. The topological polar surface area (TPSA) is 12.0 Å². The summed E-state index contributed by atoms with van der Waals surface area (Å²) in [6, 6.07) is 0. The Balaban J connectivity index is 0. The Labute approximate surface area is 85.1 Å². The second-order valence-electron chi connectivity index (χ2n) is 2.28. The van der Waals surface area contributed by atoms with Crippen molar-refractivity contribution in [1.29, 1.82) is 0 Å². The van der Waals surface area contributed by atoms with Gasteiger partial charge in [0.25, 0.3) is 0 Å². The molecule has 2 heteroatoms. The molecule has 0 aromatic heterocycles. The summed E-state index contributed by atoms with van der Waals surface area (Å²) < 4.78 is 0. The third-order valence-electron chi connectivity index (χ3n) is 1.06. The summed E-state index contributed by atoms with van der Waals surface area (Å²) in [5.74, 6) is 0. The highest BCUT2D eigenvalue weighted by atomic mass is 79.9. The van der Waals surface area contributed by atoms with Gasteiger partial charge in [-0.1, -0.05) is 41.4 Å². The third kappa shape index (κ3) is 22.5. The molecule has 0 spiro atoms. The molecule has 12 heavy (non-hydrogen) atoms. The van der Waals surface area contributed by atoms with E-state index in [0.29, 0.717) is 0 Å². The molecule has 0 atom stereocenters. The molecular weight excluding hydrogens is 214 g/mol. The molecule has 0 aliphatic heterocycles. The van der Waals surface area contributed by atoms with Crippen LogP contribution in [-0.4, -0.2) is 18.4 Å². The van der Waals surface area contributed by atoms with Gasteiger partial charge >= 0.3 is 0 Å². The molecule has 1 N–H and O–H groups in total. The first kappa shape index (κ1) is 14.4. The highest BCUT2D eigenvalue weighted by Crippen LogP contribution is 1.89. The van der Waals surface area contributed by atoms with Crippen LogP contribution >= 0.6 is 15.9 Å². The molecule has 0 rings (SSSR count). The summed E-state index contributed by atoms with van der Waals surface area (Å²) >= 11 is 3.31. The number of alkyl halides is 1. The van der Waals surface area contributed by atoms with Crippen LogP contribution in [0.5, 0.6) is 0 Å². The molecule has 0 aliphatic rings. The van der Waals surface area contributed by atoms with Gasteiger partial charge in [0.05, 0.1) is 0 Å². The van der Waals surface area contributed by atoms with E-state index in [1.165, 1.54) is 12.8 Å². The van der Waals surface area contributed by atoms with Crippen molar-refractivity contribution < 1.29 is 0 Å². The zero-order valence-corrected chi connectivity index (χ0v) is 9.57. The fourth-order valence-corrected chi connectivity index (χ4v) is 0.982. The van der Waals surface area contributed by atoms with Crippen molar-refractivity contribution in [3.63, 3.8) is 0 Å². The Kier molecular flexibility index (Phi) is 20.6. The summed E-state index contributed by atoms with van der Waals surface area (Å²) in [5.41, 5.74) is 0. The van der Waals surface area contributed by atoms with Crippen molar-refractivity contribution in [2.75, 3.05) is 18.4 Å². The first-order valence-corrected chi connectivity index (χ1v) is 5.44. The van der Waals surface area contributed by atoms with E-state index in [4.69, 9.17) is 0 Å². The number of unbranched alkanes of at least 4 members (excludes halogenated alkanes) is 1. The number of rotatable bonds is 6. The van der Waals surface area contributed by atoms with Gasteiger partial charge in [0.2, 0.25) is 0 Å². The van der Waals surface area contributed by atoms with Crippen LogP contribution in [0.25, 0.3) is 0 Å². The molecule has 0 heterocycles. The van der Waals surface area contributed by atoms with E-state index in [-0.39, 0.29) is 0 Å². The molecule has 0 aromatic rings. The van der Waals surface area contributed by atoms with E-state index in [2.05, 4.69) is 41.3 Å². The lowest BCUT2D eigenvalue weighted by molar-refractivity contribution is 0.845. The van der Waals surface area contributed by atoms with E-state index in [0.717, 1.165) is 18.4 Å². The van der Waals surface area contributed by atoms with Gasteiger partial charge in [-0.2, -0.15) is 0 Å². The summed E-state index contributed by atoms with van der Waals surface area (Å²) in [5, 5.41) is 4.20. The summed E-state index contributed by atoms with van der Waals surface area (Å²) in [4.78, 5) is 0. The Morgan fingerprint density at radius 3 is 1.92 bits per heavy atom. The zero-order valence-electron chi connectivity index (χ0n) is 7.98. The fourth-order valence-electron chi connectivity index (χ4n) is 0.421. The van der Waals surface area contributed by atoms with E-state index in [1.54, 1.807) is 0 Å². The van der Waals surface area contributed by atoms with Crippen LogP contribution in [0.2, 0.25) is 0 Å². The van der Waals surface area contributed by atoms with Crippen LogP contribution < -0.4 is 5.32 Å². The van der Waals surface area contributed by atoms with Gasteiger partial charge in [-0.05, 0) is 6.42 Å². The van der Waals surface area contributed by atoms with Crippen LogP contribution in [0.4, 0.5) is 0 Å².